The lowest BCUT2D eigenvalue weighted by Gasteiger charge is -2.24. The minimum atomic E-state index is -0.384. The molecule has 0 bridgehead atoms. The third-order valence-corrected chi connectivity index (χ3v) is 1.86. The summed E-state index contributed by atoms with van der Waals surface area (Å²) in [4.78, 5) is 11.1. The maximum Gasteiger partial charge on any atom is 0.335 e. The standard InChI is InChI=1S/C8H15NO3.ClH/c1-2-11-8(10)7-4-3-6(9)5-12-7;/h6-7H,2-5,9H2,1H3;1H/t6-,7+;/m1./s1. The molecule has 1 aliphatic heterocycles. The van der Waals surface area contributed by atoms with Crippen LogP contribution in [-0.2, 0) is 14.3 Å². The fourth-order valence-electron chi connectivity index (χ4n) is 1.19. The van der Waals surface area contributed by atoms with Gasteiger partial charge in [-0.25, -0.2) is 4.79 Å². The summed E-state index contributed by atoms with van der Waals surface area (Å²) in [6.45, 7) is 2.65. The van der Waals surface area contributed by atoms with E-state index in [1.165, 1.54) is 0 Å². The van der Waals surface area contributed by atoms with Crippen molar-refractivity contribution in [3.8, 4) is 0 Å². The van der Waals surface area contributed by atoms with Gasteiger partial charge in [0.05, 0.1) is 13.2 Å². The molecule has 13 heavy (non-hydrogen) atoms. The zero-order valence-electron chi connectivity index (χ0n) is 7.69. The molecule has 78 valence electrons. The van der Waals surface area contributed by atoms with Crippen LogP contribution in [0.3, 0.4) is 0 Å². The van der Waals surface area contributed by atoms with Crippen LogP contribution in [0, 0.1) is 0 Å². The monoisotopic (exact) mass is 209 g/mol. The fourth-order valence-corrected chi connectivity index (χ4v) is 1.19. The summed E-state index contributed by atoms with van der Waals surface area (Å²) >= 11 is 0. The normalized spacial score (nSPS) is 27.5. The molecule has 0 amide bonds. The molecule has 0 aromatic carbocycles. The van der Waals surface area contributed by atoms with Crippen molar-refractivity contribution in [1.29, 1.82) is 0 Å². The summed E-state index contributed by atoms with van der Waals surface area (Å²) in [6.07, 6.45) is 1.13. The van der Waals surface area contributed by atoms with Crippen LogP contribution >= 0.6 is 12.4 Å². The zero-order chi connectivity index (χ0) is 8.97. The number of rotatable bonds is 2. The molecule has 4 nitrogen and oxygen atoms in total. The maximum absolute atomic E-state index is 11.1. The highest BCUT2D eigenvalue weighted by Gasteiger charge is 2.25. The first-order valence-corrected chi connectivity index (χ1v) is 4.28. The lowest BCUT2D eigenvalue weighted by molar-refractivity contribution is -0.159. The molecule has 0 radical (unpaired) electrons. The highest BCUT2D eigenvalue weighted by atomic mass is 35.5. The van der Waals surface area contributed by atoms with Gasteiger partial charge in [-0.1, -0.05) is 0 Å². The molecular formula is C8H16ClNO3. The number of hydrogen-bond donors (Lipinski definition) is 1. The van der Waals surface area contributed by atoms with Crippen molar-refractivity contribution in [2.75, 3.05) is 13.2 Å². The second-order valence-electron chi connectivity index (χ2n) is 2.91. The highest BCUT2D eigenvalue weighted by Crippen LogP contribution is 2.13. The number of carbonyl (C=O) groups excluding carboxylic acids is 1. The van der Waals surface area contributed by atoms with Gasteiger partial charge < -0.3 is 15.2 Å². The molecule has 1 rings (SSSR count). The van der Waals surface area contributed by atoms with E-state index in [4.69, 9.17) is 15.2 Å². The Morgan fingerprint density at radius 2 is 2.31 bits per heavy atom. The van der Waals surface area contributed by atoms with E-state index in [1.807, 2.05) is 0 Å². The lowest BCUT2D eigenvalue weighted by atomic mass is 10.1. The van der Waals surface area contributed by atoms with E-state index in [2.05, 4.69) is 0 Å². The first-order valence-electron chi connectivity index (χ1n) is 4.28. The van der Waals surface area contributed by atoms with Gasteiger partial charge >= 0.3 is 5.97 Å². The first kappa shape index (κ1) is 12.7. The van der Waals surface area contributed by atoms with Crippen LogP contribution in [0.25, 0.3) is 0 Å². The highest BCUT2D eigenvalue weighted by molar-refractivity contribution is 5.85. The number of carbonyl (C=O) groups is 1. The van der Waals surface area contributed by atoms with Crippen molar-refractivity contribution in [1.82, 2.24) is 0 Å². The molecule has 2 atom stereocenters. The van der Waals surface area contributed by atoms with Crippen LogP contribution in [0.5, 0.6) is 0 Å². The van der Waals surface area contributed by atoms with E-state index < -0.39 is 0 Å². The van der Waals surface area contributed by atoms with Gasteiger partial charge in [-0.3, -0.25) is 0 Å². The molecule has 1 heterocycles. The second kappa shape index (κ2) is 6.18. The number of hydrogen-bond acceptors (Lipinski definition) is 4. The Labute approximate surface area is 84.2 Å². The Balaban J connectivity index is 0.00000144. The van der Waals surface area contributed by atoms with Crippen molar-refractivity contribution < 1.29 is 14.3 Å². The summed E-state index contributed by atoms with van der Waals surface area (Å²) < 4.78 is 10.0. The number of esters is 1. The summed E-state index contributed by atoms with van der Waals surface area (Å²) in [5.74, 6) is -0.260. The van der Waals surface area contributed by atoms with Crippen LogP contribution in [0.1, 0.15) is 19.8 Å². The molecule has 1 fully saturated rings. The zero-order valence-corrected chi connectivity index (χ0v) is 8.51. The predicted octanol–water partition coefficient (Wildman–Crippen LogP) is 0.478. The fraction of sp³-hybridized carbons (Fsp3) is 0.875. The molecular weight excluding hydrogens is 194 g/mol. The number of nitrogens with two attached hydrogens (primary N) is 1. The quantitative estimate of drug-likeness (QED) is 0.672. The maximum atomic E-state index is 11.1. The van der Waals surface area contributed by atoms with E-state index in [1.54, 1.807) is 6.92 Å². The molecule has 0 aromatic heterocycles. The summed E-state index contributed by atoms with van der Waals surface area (Å²) in [6, 6.07) is 0.0793. The minimum absolute atomic E-state index is 0. The van der Waals surface area contributed by atoms with Gasteiger partial charge in [0.2, 0.25) is 0 Å². The molecule has 0 aromatic rings. The Kier molecular flexibility index (Phi) is 6.03. The van der Waals surface area contributed by atoms with Crippen molar-refractivity contribution in [3.05, 3.63) is 0 Å². The van der Waals surface area contributed by atoms with Gasteiger partial charge in [0, 0.05) is 6.04 Å². The smallest absolute Gasteiger partial charge is 0.335 e. The average molecular weight is 210 g/mol. The molecule has 1 saturated heterocycles. The number of ether oxygens (including phenoxy) is 2. The van der Waals surface area contributed by atoms with Crippen LogP contribution in [0.15, 0.2) is 0 Å². The topological polar surface area (TPSA) is 61.5 Å². The van der Waals surface area contributed by atoms with E-state index in [0.29, 0.717) is 19.6 Å². The van der Waals surface area contributed by atoms with Crippen molar-refractivity contribution in [3.63, 3.8) is 0 Å². The van der Waals surface area contributed by atoms with E-state index >= 15 is 0 Å². The van der Waals surface area contributed by atoms with E-state index in [0.717, 1.165) is 6.42 Å². The van der Waals surface area contributed by atoms with Gasteiger partial charge in [-0.2, -0.15) is 0 Å². The minimum Gasteiger partial charge on any atom is -0.464 e. The molecule has 5 heteroatoms. The van der Waals surface area contributed by atoms with Crippen LogP contribution in [0.4, 0.5) is 0 Å². The molecule has 0 spiro atoms. The van der Waals surface area contributed by atoms with Gasteiger partial charge in [0.25, 0.3) is 0 Å². The number of halogens is 1. The van der Waals surface area contributed by atoms with Crippen LogP contribution in [0.2, 0.25) is 0 Å². The third-order valence-electron chi connectivity index (χ3n) is 1.86. The molecule has 0 unspecified atom stereocenters. The average Bonchev–Trinajstić information content (AvgIpc) is 2.06. The van der Waals surface area contributed by atoms with Crippen LogP contribution in [-0.4, -0.2) is 31.3 Å². The summed E-state index contributed by atoms with van der Waals surface area (Å²) in [5.41, 5.74) is 5.59. The molecule has 0 aliphatic carbocycles. The van der Waals surface area contributed by atoms with E-state index in [9.17, 15) is 4.79 Å². The second-order valence-corrected chi connectivity index (χ2v) is 2.91. The predicted molar refractivity (Wildman–Crippen MR) is 50.8 cm³/mol. The Hall–Kier alpha value is -0.320. The van der Waals surface area contributed by atoms with Crippen LogP contribution < -0.4 is 5.73 Å². The Morgan fingerprint density at radius 3 is 2.77 bits per heavy atom. The molecule has 1 aliphatic rings. The Bertz CT molecular complexity index is 157. The first-order chi connectivity index (χ1) is 5.74. The summed E-state index contributed by atoms with van der Waals surface area (Å²) in [5, 5.41) is 0. The van der Waals surface area contributed by atoms with Gasteiger partial charge in [0.15, 0.2) is 6.10 Å². The van der Waals surface area contributed by atoms with Crippen molar-refractivity contribution in [2.45, 2.75) is 31.9 Å². The molecule has 0 saturated carbocycles. The summed E-state index contributed by atoms with van der Waals surface area (Å²) in [7, 11) is 0. The SMILES string of the molecule is CCOC(=O)[C@@H]1CC[C@@H](N)CO1.Cl. The largest absolute Gasteiger partial charge is 0.464 e. The lowest BCUT2D eigenvalue weighted by Crippen LogP contribution is -2.39. The third kappa shape index (κ3) is 3.93. The van der Waals surface area contributed by atoms with Gasteiger partial charge in [0.1, 0.15) is 0 Å². The van der Waals surface area contributed by atoms with Crippen molar-refractivity contribution >= 4 is 18.4 Å². The Morgan fingerprint density at radius 1 is 1.62 bits per heavy atom. The van der Waals surface area contributed by atoms with Crippen molar-refractivity contribution in [2.24, 2.45) is 5.73 Å². The van der Waals surface area contributed by atoms with Gasteiger partial charge in [-0.05, 0) is 19.8 Å². The molecule has 2 N–H and O–H groups in total. The van der Waals surface area contributed by atoms with E-state index in [-0.39, 0.29) is 30.5 Å². The van der Waals surface area contributed by atoms with Gasteiger partial charge in [-0.15, -0.1) is 12.4 Å².